The minimum atomic E-state index is -0.186. The van der Waals surface area contributed by atoms with Gasteiger partial charge in [0, 0.05) is 24.2 Å². The summed E-state index contributed by atoms with van der Waals surface area (Å²) in [6, 6.07) is 0.0918. The molecule has 0 bridgehead atoms. The Labute approximate surface area is 151 Å². The van der Waals surface area contributed by atoms with Crippen molar-refractivity contribution in [1.29, 1.82) is 0 Å². The first kappa shape index (κ1) is 16.5. The zero-order valence-electron chi connectivity index (χ0n) is 14.8. The molecule has 1 atom stereocenters. The number of ether oxygens (including phenoxy) is 1. The summed E-state index contributed by atoms with van der Waals surface area (Å²) >= 11 is 1.70. The van der Waals surface area contributed by atoms with Crippen molar-refractivity contribution in [2.45, 2.75) is 38.8 Å². The average molecular weight is 361 g/mol. The molecule has 0 aliphatic carbocycles. The molecule has 1 N–H and O–H groups in total. The zero-order valence-corrected chi connectivity index (χ0v) is 15.6. The van der Waals surface area contributed by atoms with E-state index in [1.54, 1.807) is 17.5 Å². The number of nitrogens with zero attached hydrogens (tertiary/aromatic N) is 4. The Morgan fingerprint density at radius 3 is 2.80 bits per heavy atom. The Balaban J connectivity index is 1.67. The van der Waals surface area contributed by atoms with Gasteiger partial charge in [0.15, 0.2) is 0 Å². The van der Waals surface area contributed by atoms with Gasteiger partial charge in [0.2, 0.25) is 0 Å². The second-order valence-electron chi connectivity index (χ2n) is 7.25. The summed E-state index contributed by atoms with van der Waals surface area (Å²) < 4.78 is 7.30. The number of nitrogens with one attached hydrogen (secondary N) is 1. The van der Waals surface area contributed by atoms with Crippen molar-refractivity contribution in [2.24, 2.45) is 0 Å². The highest BCUT2D eigenvalue weighted by Crippen LogP contribution is 2.41. The fraction of sp³-hybridized carbons (Fsp3) is 0.588. The maximum atomic E-state index is 13.0. The van der Waals surface area contributed by atoms with E-state index in [-0.39, 0.29) is 17.5 Å². The van der Waals surface area contributed by atoms with Gasteiger partial charge in [0.25, 0.3) is 5.91 Å². The van der Waals surface area contributed by atoms with E-state index in [9.17, 15) is 4.79 Å². The van der Waals surface area contributed by atoms with Crippen LogP contribution in [0.15, 0.2) is 12.4 Å². The van der Waals surface area contributed by atoms with Crippen LogP contribution < -0.4 is 5.32 Å². The van der Waals surface area contributed by atoms with Crippen molar-refractivity contribution in [1.82, 2.24) is 19.7 Å². The lowest BCUT2D eigenvalue weighted by Gasteiger charge is -2.37. The van der Waals surface area contributed by atoms with Crippen molar-refractivity contribution >= 4 is 23.1 Å². The van der Waals surface area contributed by atoms with E-state index < -0.39 is 0 Å². The third-order valence-electron chi connectivity index (χ3n) is 4.82. The van der Waals surface area contributed by atoms with Crippen molar-refractivity contribution in [3.05, 3.63) is 27.8 Å². The molecule has 2 aliphatic rings. The monoisotopic (exact) mass is 361 g/mol. The van der Waals surface area contributed by atoms with Crippen molar-refractivity contribution in [2.75, 3.05) is 31.6 Å². The molecule has 0 radical (unpaired) electrons. The highest BCUT2D eigenvalue weighted by molar-refractivity contribution is 7.11. The molecule has 7 nitrogen and oxygen atoms in total. The van der Waals surface area contributed by atoms with Crippen molar-refractivity contribution in [3.63, 3.8) is 0 Å². The summed E-state index contributed by atoms with van der Waals surface area (Å²) in [7, 11) is 0. The minimum Gasteiger partial charge on any atom is -0.378 e. The smallest absolute Gasteiger partial charge is 0.259 e. The number of carbonyl (C=O) groups excluding carboxylic acids is 1. The Morgan fingerprint density at radius 2 is 2.12 bits per heavy atom. The van der Waals surface area contributed by atoms with Crippen LogP contribution in [0, 0.1) is 6.92 Å². The Kier molecular flexibility index (Phi) is 4.04. The van der Waals surface area contributed by atoms with Gasteiger partial charge in [-0.3, -0.25) is 4.79 Å². The SMILES string of the molecule is Cc1cnc(C2CC(C)(C)n3ncc(C(=O)N4CCOCC4)c3N2)s1. The molecule has 1 unspecified atom stereocenters. The number of hydrogen-bond acceptors (Lipinski definition) is 6. The van der Waals surface area contributed by atoms with E-state index >= 15 is 0 Å². The Hall–Kier alpha value is -1.93. The molecule has 134 valence electrons. The van der Waals surface area contributed by atoms with Crippen LogP contribution in [0.1, 0.15) is 46.6 Å². The number of hydrogen-bond donors (Lipinski definition) is 1. The highest BCUT2D eigenvalue weighted by Gasteiger charge is 2.38. The van der Waals surface area contributed by atoms with Crippen LogP contribution >= 0.6 is 11.3 Å². The molecule has 1 saturated heterocycles. The fourth-order valence-electron chi connectivity index (χ4n) is 3.52. The molecule has 4 rings (SSSR count). The van der Waals surface area contributed by atoms with Gasteiger partial charge in [0.1, 0.15) is 16.4 Å². The number of anilines is 1. The van der Waals surface area contributed by atoms with Crippen LogP contribution in [0.3, 0.4) is 0 Å². The van der Waals surface area contributed by atoms with Gasteiger partial charge in [-0.15, -0.1) is 11.3 Å². The maximum absolute atomic E-state index is 13.0. The molecule has 2 aromatic heterocycles. The number of amides is 1. The van der Waals surface area contributed by atoms with Crippen LogP contribution in [0.25, 0.3) is 0 Å². The van der Waals surface area contributed by atoms with Crippen LogP contribution in [-0.2, 0) is 10.3 Å². The number of fused-ring (bicyclic) bond motifs is 1. The van der Waals surface area contributed by atoms with Crippen LogP contribution in [0.5, 0.6) is 0 Å². The predicted molar refractivity (Wildman–Crippen MR) is 96.1 cm³/mol. The maximum Gasteiger partial charge on any atom is 0.259 e. The van der Waals surface area contributed by atoms with Gasteiger partial charge >= 0.3 is 0 Å². The van der Waals surface area contributed by atoms with Gasteiger partial charge in [0.05, 0.1) is 31.0 Å². The number of rotatable bonds is 2. The van der Waals surface area contributed by atoms with E-state index in [1.165, 1.54) is 4.88 Å². The molecule has 0 aromatic carbocycles. The van der Waals surface area contributed by atoms with Gasteiger partial charge in [-0.05, 0) is 27.2 Å². The first-order chi connectivity index (χ1) is 12.0. The molecule has 2 aliphatic heterocycles. The number of morpholine rings is 1. The number of aromatic nitrogens is 3. The summed E-state index contributed by atoms with van der Waals surface area (Å²) in [5, 5.41) is 9.10. The van der Waals surface area contributed by atoms with Crippen molar-refractivity contribution in [3.8, 4) is 0 Å². The first-order valence-electron chi connectivity index (χ1n) is 8.60. The lowest BCUT2D eigenvalue weighted by Crippen LogP contribution is -2.42. The highest BCUT2D eigenvalue weighted by atomic mass is 32.1. The standard InChI is InChI=1S/C17H23N5O2S/c1-11-9-18-15(25-11)13-8-17(2,3)22-14(20-13)12(10-19-22)16(23)21-4-6-24-7-5-21/h9-10,13,20H,4-8H2,1-3H3. The normalized spacial score (nSPS) is 22.4. The summed E-state index contributed by atoms with van der Waals surface area (Å²) in [6.45, 7) is 8.81. The quantitative estimate of drug-likeness (QED) is 0.889. The van der Waals surface area contributed by atoms with Crippen LogP contribution in [0.4, 0.5) is 5.82 Å². The van der Waals surface area contributed by atoms with Gasteiger partial charge < -0.3 is 15.0 Å². The van der Waals surface area contributed by atoms with Crippen LogP contribution in [0.2, 0.25) is 0 Å². The Bertz CT molecular complexity index is 791. The second-order valence-corrected chi connectivity index (χ2v) is 8.51. The van der Waals surface area contributed by atoms with E-state index in [0.717, 1.165) is 17.2 Å². The predicted octanol–water partition coefficient (Wildman–Crippen LogP) is 2.41. The lowest BCUT2D eigenvalue weighted by molar-refractivity contribution is 0.0303. The molecule has 0 saturated carbocycles. The van der Waals surface area contributed by atoms with Gasteiger partial charge in [-0.2, -0.15) is 5.10 Å². The van der Waals surface area contributed by atoms with Gasteiger partial charge in [-0.25, -0.2) is 9.67 Å². The molecule has 25 heavy (non-hydrogen) atoms. The van der Waals surface area contributed by atoms with E-state index in [2.05, 4.69) is 36.2 Å². The first-order valence-corrected chi connectivity index (χ1v) is 9.42. The molecule has 4 heterocycles. The summed E-state index contributed by atoms with van der Waals surface area (Å²) in [5.74, 6) is 0.814. The topological polar surface area (TPSA) is 72.3 Å². The summed E-state index contributed by atoms with van der Waals surface area (Å²) in [6.07, 6.45) is 4.47. The molecule has 0 spiro atoms. The summed E-state index contributed by atoms with van der Waals surface area (Å²) in [4.78, 5) is 20.5. The second kappa shape index (κ2) is 6.10. The van der Waals surface area contributed by atoms with Crippen LogP contribution in [-0.4, -0.2) is 51.9 Å². The number of carbonyl (C=O) groups is 1. The zero-order chi connectivity index (χ0) is 17.6. The Morgan fingerprint density at radius 1 is 1.36 bits per heavy atom. The third-order valence-corrected chi connectivity index (χ3v) is 5.85. The third kappa shape index (κ3) is 2.93. The molecular weight excluding hydrogens is 338 g/mol. The lowest BCUT2D eigenvalue weighted by atomic mass is 9.93. The minimum absolute atomic E-state index is 0.0174. The molecule has 1 amide bonds. The largest absolute Gasteiger partial charge is 0.378 e. The number of aryl methyl sites for hydroxylation is 1. The van der Waals surface area contributed by atoms with E-state index in [0.29, 0.717) is 31.9 Å². The average Bonchev–Trinajstić information content (AvgIpc) is 3.21. The molecule has 2 aromatic rings. The number of thiazole rings is 1. The van der Waals surface area contributed by atoms with Gasteiger partial charge in [-0.1, -0.05) is 0 Å². The molecular formula is C17H23N5O2S. The fourth-order valence-corrected chi connectivity index (χ4v) is 4.35. The van der Waals surface area contributed by atoms with Crippen molar-refractivity contribution < 1.29 is 9.53 Å². The van der Waals surface area contributed by atoms with E-state index in [1.807, 2.05) is 15.8 Å². The van der Waals surface area contributed by atoms with E-state index in [4.69, 9.17) is 4.74 Å². The summed E-state index contributed by atoms with van der Waals surface area (Å²) in [5.41, 5.74) is 0.446. The molecule has 8 heteroatoms. The molecule has 1 fully saturated rings.